The van der Waals surface area contributed by atoms with Crippen LogP contribution in [0.25, 0.3) is 10.8 Å². The molecule has 4 rings (SSSR count). The van der Waals surface area contributed by atoms with Crippen molar-refractivity contribution >= 4 is 32.3 Å². The fourth-order valence-electron chi connectivity index (χ4n) is 3.13. The Labute approximate surface area is 186 Å². The van der Waals surface area contributed by atoms with Crippen LogP contribution in [0.1, 0.15) is 0 Å². The Kier molecular flexibility index (Phi) is 5.77. The molecule has 0 aliphatic rings. The van der Waals surface area contributed by atoms with Crippen molar-refractivity contribution in [2.45, 2.75) is 11.3 Å². The lowest BCUT2D eigenvalue weighted by molar-refractivity contribution is -0.274. The Morgan fingerprint density at radius 3 is 2.42 bits per heavy atom. The number of sulfonamides is 1. The van der Waals surface area contributed by atoms with Gasteiger partial charge in [0, 0.05) is 36.1 Å². The predicted octanol–water partition coefficient (Wildman–Crippen LogP) is 4.46. The molecule has 0 amide bonds. The van der Waals surface area contributed by atoms with Crippen LogP contribution < -0.4 is 13.8 Å². The predicted molar refractivity (Wildman–Crippen MR) is 113 cm³/mol. The average Bonchev–Trinajstić information content (AvgIpc) is 2.79. The Morgan fingerprint density at radius 1 is 0.939 bits per heavy atom. The average molecular weight is 476 g/mol. The molecule has 0 fully saturated rings. The lowest BCUT2D eigenvalue weighted by Crippen LogP contribution is -2.27. The molecule has 0 spiro atoms. The Balaban J connectivity index is 1.89. The fraction of sp³-hybridized carbons (Fsp3) is 0.0952. The molecule has 0 N–H and O–H groups in total. The third-order valence-corrected chi connectivity index (χ3v) is 6.24. The molecule has 0 unspecified atom stereocenters. The Morgan fingerprint density at radius 2 is 1.73 bits per heavy atom. The molecule has 33 heavy (non-hydrogen) atoms. The van der Waals surface area contributed by atoms with E-state index in [4.69, 9.17) is 4.74 Å². The van der Waals surface area contributed by atoms with Crippen LogP contribution in [0, 0.1) is 0 Å². The number of anilines is 2. The third kappa shape index (κ3) is 4.65. The van der Waals surface area contributed by atoms with Crippen molar-refractivity contribution in [3.63, 3.8) is 0 Å². The van der Waals surface area contributed by atoms with Crippen LogP contribution in [0.15, 0.2) is 78.3 Å². The summed E-state index contributed by atoms with van der Waals surface area (Å²) in [5, 5.41) is 1.37. The maximum atomic E-state index is 13.7. The molecule has 4 aromatic rings. The smallest absolute Gasteiger partial charge is 0.494 e. The first-order valence-electron chi connectivity index (χ1n) is 9.28. The largest absolute Gasteiger partial charge is 0.573 e. The van der Waals surface area contributed by atoms with Crippen molar-refractivity contribution in [1.29, 1.82) is 0 Å². The monoisotopic (exact) mass is 476 g/mol. The number of nitrogens with zero attached hydrogens (tertiary/aromatic N) is 4. The second-order valence-corrected chi connectivity index (χ2v) is 8.39. The summed E-state index contributed by atoms with van der Waals surface area (Å²) in [6, 6.07) is 10.6. The minimum absolute atomic E-state index is 0.0392. The molecular weight excluding hydrogens is 461 g/mol. The summed E-state index contributed by atoms with van der Waals surface area (Å²) >= 11 is 0. The van der Waals surface area contributed by atoms with E-state index in [-0.39, 0.29) is 22.2 Å². The van der Waals surface area contributed by atoms with Gasteiger partial charge in [0.2, 0.25) is 0 Å². The van der Waals surface area contributed by atoms with Crippen molar-refractivity contribution in [2.24, 2.45) is 0 Å². The highest BCUT2D eigenvalue weighted by Gasteiger charge is 2.33. The number of methoxy groups -OCH3 is 1. The molecule has 12 heteroatoms. The molecule has 2 heterocycles. The summed E-state index contributed by atoms with van der Waals surface area (Å²) < 4.78 is 75.4. The van der Waals surface area contributed by atoms with Gasteiger partial charge in [0.15, 0.2) is 5.82 Å². The van der Waals surface area contributed by atoms with E-state index >= 15 is 0 Å². The highest BCUT2D eigenvalue weighted by atomic mass is 32.2. The van der Waals surface area contributed by atoms with Crippen molar-refractivity contribution in [1.82, 2.24) is 15.0 Å². The number of hydrogen-bond acceptors (Lipinski definition) is 7. The Hall–Kier alpha value is -3.93. The zero-order valence-corrected chi connectivity index (χ0v) is 17.7. The molecule has 2 aromatic carbocycles. The van der Waals surface area contributed by atoms with E-state index < -0.39 is 22.1 Å². The van der Waals surface area contributed by atoms with E-state index in [1.807, 2.05) is 0 Å². The molecule has 0 radical (unpaired) electrons. The number of hydrogen-bond donors (Lipinski definition) is 0. The second kappa shape index (κ2) is 8.54. The van der Waals surface area contributed by atoms with Gasteiger partial charge in [-0.2, -0.15) is 0 Å². The van der Waals surface area contributed by atoms with E-state index in [0.29, 0.717) is 5.39 Å². The van der Waals surface area contributed by atoms with Crippen LogP contribution in [-0.2, 0) is 10.0 Å². The van der Waals surface area contributed by atoms with Crippen molar-refractivity contribution < 1.29 is 31.1 Å². The molecule has 0 saturated carbocycles. The molecule has 0 aliphatic carbocycles. The lowest BCUT2D eigenvalue weighted by Gasteiger charge is -2.25. The number of benzene rings is 2. The number of pyridine rings is 1. The molecule has 0 aliphatic heterocycles. The normalized spacial score (nSPS) is 11.9. The van der Waals surface area contributed by atoms with Crippen LogP contribution in [0.4, 0.5) is 24.7 Å². The number of fused-ring (bicyclic) bond motifs is 1. The quantitative estimate of drug-likeness (QED) is 0.406. The van der Waals surface area contributed by atoms with E-state index in [2.05, 4.69) is 19.7 Å². The first kappa shape index (κ1) is 22.3. The van der Waals surface area contributed by atoms with Gasteiger partial charge in [-0.3, -0.25) is 4.98 Å². The summed E-state index contributed by atoms with van der Waals surface area (Å²) in [6.07, 6.45) is 0.687. The molecule has 2 aromatic heterocycles. The maximum absolute atomic E-state index is 13.7. The van der Waals surface area contributed by atoms with Gasteiger partial charge in [-0.05, 0) is 35.7 Å². The van der Waals surface area contributed by atoms with Gasteiger partial charge in [0.1, 0.15) is 23.5 Å². The van der Waals surface area contributed by atoms with Crippen molar-refractivity contribution in [3.8, 4) is 11.5 Å². The first-order chi connectivity index (χ1) is 15.7. The first-order valence-corrected chi connectivity index (χ1v) is 10.7. The van der Waals surface area contributed by atoms with E-state index in [9.17, 15) is 21.6 Å². The second-order valence-electron chi connectivity index (χ2n) is 6.60. The zero-order chi connectivity index (χ0) is 23.6. The molecule has 170 valence electrons. The van der Waals surface area contributed by atoms with Crippen molar-refractivity contribution in [2.75, 3.05) is 11.4 Å². The number of rotatable bonds is 6. The summed E-state index contributed by atoms with van der Waals surface area (Å²) in [4.78, 5) is 11.8. The van der Waals surface area contributed by atoms with E-state index in [0.717, 1.165) is 34.2 Å². The standard InChI is InChI=1S/C21H15F3N4O4S/c1-31-19-11-16(32-21(22,23)24)3-5-18(19)28(20-7-9-26-13-27-20)33(29,30)17-4-2-15-12-25-8-6-14(15)10-17/h2-13H,1H3. The van der Waals surface area contributed by atoms with Crippen molar-refractivity contribution in [3.05, 3.63) is 73.4 Å². The summed E-state index contributed by atoms with van der Waals surface area (Å²) in [5.74, 6) is -0.784. The maximum Gasteiger partial charge on any atom is 0.573 e. The molecule has 0 bridgehead atoms. The van der Waals surface area contributed by atoms with Crippen LogP contribution in [0.2, 0.25) is 0 Å². The van der Waals surface area contributed by atoms with Gasteiger partial charge in [0.25, 0.3) is 10.0 Å². The lowest BCUT2D eigenvalue weighted by atomic mass is 10.2. The SMILES string of the molecule is COc1cc(OC(F)(F)F)ccc1N(c1ccncn1)S(=O)(=O)c1ccc2cnccc2c1. The molecular formula is C21H15F3N4O4S. The minimum Gasteiger partial charge on any atom is -0.494 e. The topological polar surface area (TPSA) is 94.5 Å². The van der Waals surface area contributed by atoms with Gasteiger partial charge >= 0.3 is 6.36 Å². The van der Waals surface area contributed by atoms with Gasteiger partial charge in [-0.15, -0.1) is 13.2 Å². The van der Waals surface area contributed by atoms with Gasteiger partial charge in [-0.25, -0.2) is 22.7 Å². The number of ether oxygens (including phenoxy) is 2. The summed E-state index contributed by atoms with van der Waals surface area (Å²) in [6.45, 7) is 0. The third-order valence-electron chi connectivity index (χ3n) is 4.53. The zero-order valence-electron chi connectivity index (χ0n) is 16.9. The van der Waals surface area contributed by atoms with Gasteiger partial charge < -0.3 is 9.47 Å². The van der Waals surface area contributed by atoms with Crippen LogP contribution >= 0.6 is 0 Å². The number of halogens is 3. The van der Waals surface area contributed by atoms with Crippen LogP contribution in [0.3, 0.4) is 0 Å². The van der Waals surface area contributed by atoms with E-state index in [1.54, 1.807) is 18.3 Å². The highest BCUT2D eigenvalue weighted by molar-refractivity contribution is 7.93. The molecule has 0 saturated heterocycles. The Bertz CT molecular complexity index is 1400. The molecule has 0 atom stereocenters. The summed E-state index contributed by atoms with van der Waals surface area (Å²) in [5.41, 5.74) is -0.0689. The van der Waals surface area contributed by atoms with Gasteiger partial charge in [-0.1, -0.05) is 6.07 Å². The van der Waals surface area contributed by atoms with Gasteiger partial charge in [0.05, 0.1) is 12.0 Å². The fourth-order valence-corrected chi connectivity index (χ4v) is 4.62. The number of aromatic nitrogens is 3. The van der Waals surface area contributed by atoms with Crippen LogP contribution in [-0.4, -0.2) is 36.8 Å². The summed E-state index contributed by atoms with van der Waals surface area (Å²) in [7, 11) is -3.10. The van der Waals surface area contributed by atoms with E-state index in [1.165, 1.54) is 37.7 Å². The molecule has 8 nitrogen and oxygen atoms in total. The highest BCUT2D eigenvalue weighted by Crippen LogP contribution is 2.40. The van der Waals surface area contributed by atoms with Crippen LogP contribution in [0.5, 0.6) is 11.5 Å². The number of alkyl halides is 3. The minimum atomic E-state index is -4.93.